The van der Waals surface area contributed by atoms with E-state index in [9.17, 15) is 4.79 Å². The maximum Gasteiger partial charge on any atom is 0.303 e. The van der Waals surface area contributed by atoms with E-state index in [0.29, 0.717) is 24.6 Å². The summed E-state index contributed by atoms with van der Waals surface area (Å²) in [6, 6.07) is 1.99. The normalized spacial score (nSPS) is 10.7. The molecule has 2 rings (SSSR count). The van der Waals surface area contributed by atoms with Crippen LogP contribution in [0.25, 0.3) is 11.5 Å². The summed E-state index contributed by atoms with van der Waals surface area (Å²) in [5.41, 5.74) is 0.939. The summed E-state index contributed by atoms with van der Waals surface area (Å²) in [6.45, 7) is 0. The second-order valence-corrected chi connectivity index (χ2v) is 6.55. The van der Waals surface area contributed by atoms with Gasteiger partial charge in [0.25, 0.3) is 0 Å². The Morgan fingerprint density at radius 3 is 2.94 bits per heavy atom. The van der Waals surface area contributed by atoms with E-state index < -0.39 is 5.97 Å². The number of carboxylic acids is 1. The van der Waals surface area contributed by atoms with Crippen molar-refractivity contribution in [3.8, 4) is 11.5 Å². The summed E-state index contributed by atoms with van der Waals surface area (Å²) >= 11 is 3.87. The highest BCUT2D eigenvalue weighted by molar-refractivity contribution is 14.1. The third-order valence-electron chi connectivity index (χ3n) is 2.31. The molecule has 18 heavy (non-hydrogen) atoms. The van der Waals surface area contributed by atoms with Gasteiger partial charge in [-0.3, -0.25) is 4.79 Å². The maximum atomic E-state index is 10.4. The zero-order valence-corrected chi connectivity index (χ0v) is 12.4. The molecule has 0 aromatic carbocycles. The highest BCUT2D eigenvalue weighted by Crippen LogP contribution is 2.25. The highest BCUT2D eigenvalue weighted by Gasteiger charge is 2.10. The number of rotatable bonds is 6. The lowest BCUT2D eigenvalue weighted by Crippen LogP contribution is -1.95. The molecule has 7 heteroatoms. The fraction of sp³-hybridized carbons (Fsp3) is 0.364. The predicted molar refractivity (Wildman–Crippen MR) is 75.5 cm³/mol. The molecule has 0 aliphatic rings. The highest BCUT2D eigenvalue weighted by atomic mass is 127. The number of hydrogen-bond donors (Lipinski definition) is 1. The van der Waals surface area contributed by atoms with Crippen LogP contribution in [-0.2, 0) is 11.2 Å². The van der Waals surface area contributed by atoms with Gasteiger partial charge in [0.05, 0.1) is 8.45 Å². The number of nitrogens with zero attached hydrogens (tertiary/aromatic N) is 2. The van der Waals surface area contributed by atoms with E-state index in [-0.39, 0.29) is 6.42 Å². The molecule has 5 nitrogen and oxygen atoms in total. The van der Waals surface area contributed by atoms with Crippen LogP contribution < -0.4 is 0 Å². The van der Waals surface area contributed by atoms with Gasteiger partial charge in [-0.1, -0.05) is 0 Å². The van der Waals surface area contributed by atoms with Crippen LogP contribution in [0, 0.1) is 2.88 Å². The van der Waals surface area contributed by atoms with Crippen molar-refractivity contribution in [3.05, 3.63) is 20.2 Å². The summed E-state index contributed by atoms with van der Waals surface area (Å²) in [5.74, 6) is 0.327. The molecule has 2 aromatic rings. The van der Waals surface area contributed by atoms with Crippen LogP contribution in [-0.4, -0.2) is 21.3 Å². The Morgan fingerprint density at radius 1 is 1.44 bits per heavy atom. The molecular weight excluding hydrogens is 367 g/mol. The first-order valence-corrected chi connectivity index (χ1v) is 7.39. The van der Waals surface area contributed by atoms with E-state index >= 15 is 0 Å². The summed E-state index contributed by atoms with van der Waals surface area (Å²) in [7, 11) is 0. The fourth-order valence-electron chi connectivity index (χ4n) is 1.45. The Kier molecular flexibility index (Phi) is 4.70. The second-order valence-electron chi connectivity index (χ2n) is 3.74. The summed E-state index contributed by atoms with van der Waals surface area (Å²) in [6.07, 6.45) is 2.18. The molecule has 0 amide bonds. The van der Waals surface area contributed by atoms with E-state index in [1.54, 1.807) is 11.3 Å². The summed E-state index contributed by atoms with van der Waals surface area (Å²) < 4.78 is 6.69. The van der Waals surface area contributed by atoms with Gasteiger partial charge in [-0.2, -0.15) is 0 Å². The van der Waals surface area contributed by atoms with E-state index in [2.05, 4.69) is 32.8 Å². The molecule has 0 aliphatic heterocycles. The zero-order valence-electron chi connectivity index (χ0n) is 9.43. The number of thiophene rings is 1. The van der Waals surface area contributed by atoms with Crippen molar-refractivity contribution in [3.63, 3.8) is 0 Å². The zero-order chi connectivity index (χ0) is 13.0. The predicted octanol–water partition coefficient (Wildman–Crippen LogP) is 3.20. The van der Waals surface area contributed by atoms with Gasteiger partial charge in [-0.05, 0) is 41.5 Å². The number of aliphatic carboxylic acids is 1. The Balaban J connectivity index is 1.88. The summed E-state index contributed by atoms with van der Waals surface area (Å²) in [4.78, 5) is 10.4. The minimum atomic E-state index is -0.769. The van der Waals surface area contributed by atoms with Gasteiger partial charge in [-0.25, -0.2) is 0 Å². The van der Waals surface area contributed by atoms with Crippen LogP contribution >= 0.6 is 33.9 Å². The first-order chi connectivity index (χ1) is 8.65. The van der Waals surface area contributed by atoms with E-state index in [1.165, 1.54) is 2.88 Å². The van der Waals surface area contributed by atoms with E-state index in [1.807, 2.05) is 11.4 Å². The molecule has 2 aromatic heterocycles. The van der Waals surface area contributed by atoms with Gasteiger partial charge in [-0.15, -0.1) is 21.5 Å². The Hall–Kier alpha value is -0.960. The molecule has 0 spiro atoms. The quantitative estimate of drug-likeness (QED) is 0.617. The van der Waals surface area contributed by atoms with Gasteiger partial charge in [0.15, 0.2) is 0 Å². The van der Waals surface area contributed by atoms with Crippen LogP contribution in [0.15, 0.2) is 15.9 Å². The molecule has 0 bridgehead atoms. The van der Waals surface area contributed by atoms with Crippen molar-refractivity contribution < 1.29 is 14.3 Å². The SMILES string of the molecule is O=C(O)CCCCc1nnc(-c2csc(I)c2)o1. The monoisotopic (exact) mass is 378 g/mol. The third kappa shape index (κ3) is 3.77. The average Bonchev–Trinajstić information content (AvgIpc) is 2.93. The number of hydrogen-bond acceptors (Lipinski definition) is 5. The molecule has 96 valence electrons. The average molecular weight is 378 g/mol. The van der Waals surface area contributed by atoms with Gasteiger partial charge in [0, 0.05) is 18.2 Å². The third-order valence-corrected chi connectivity index (χ3v) is 4.10. The lowest BCUT2D eigenvalue weighted by Gasteiger charge is -1.93. The molecule has 0 atom stereocenters. The van der Waals surface area contributed by atoms with Crippen molar-refractivity contribution >= 4 is 39.9 Å². The van der Waals surface area contributed by atoms with Gasteiger partial charge in [0.2, 0.25) is 11.8 Å². The second kappa shape index (κ2) is 6.28. The van der Waals surface area contributed by atoms with Gasteiger partial charge < -0.3 is 9.52 Å². The lowest BCUT2D eigenvalue weighted by molar-refractivity contribution is -0.137. The number of carbonyl (C=O) groups is 1. The van der Waals surface area contributed by atoms with Crippen LogP contribution in [0.4, 0.5) is 0 Å². The first-order valence-electron chi connectivity index (χ1n) is 5.44. The molecule has 0 fully saturated rings. The number of halogens is 1. The van der Waals surface area contributed by atoms with E-state index in [0.717, 1.165) is 12.0 Å². The van der Waals surface area contributed by atoms with Crippen LogP contribution in [0.5, 0.6) is 0 Å². The van der Waals surface area contributed by atoms with Crippen molar-refractivity contribution in [2.24, 2.45) is 0 Å². The molecule has 1 N–H and O–H groups in total. The molecule has 0 radical (unpaired) electrons. The number of aryl methyl sites for hydroxylation is 1. The molecule has 0 aliphatic carbocycles. The number of unbranched alkanes of at least 4 members (excludes halogenated alkanes) is 1. The Bertz CT molecular complexity index is 538. The number of aromatic nitrogens is 2. The molecular formula is C11H11IN2O3S. The van der Waals surface area contributed by atoms with Crippen molar-refractivity contribution in [2.45, 2.75) is 25.7 Å². The topological polar surface area (TPSA) is 76.2 Å². The van der Waals surface area contributed by atoms with Crippen LogP contribution in [0.3, 0.4) is 0 Å². The first kappa shape index (κ1) is 13.5. The van der Waals surface area contributed by atoms with Gasteiger partial charge >= 0.3 is 5.97 Å². The lowest BCUT2D eigenvalue weighted by atomic mass is 10.2. The minimum Gasteiger partial charge on any atom is -0.481 e. The standard InChI is InChI=1S/C11H11IN2O3S/c12-8-5-7(6-18-8)11-14-13-9(17-11)3-1-2-4-10(15)16/h5-6H,1-4H2,(H,15,16). The van der Waals surface area contributed by atoms with Crippen LogP contribution in [0.2, 0.25) is 0 Å². The molecule has 2 heterocycles. The fourth-order valence-corrected chi connectivity index (χ4v) is 2.77. The molecule has 0 saturated carbocycles. The number of carboxylic acid groups (broad SMARTS) is 1. The Morgan fingerprint density at radius 2 is 2.28 bits per heavy atom. The van der Waals surface area contributed by atoms with Crippen LogP contribution in [0.1, 0.15) is 25.2 Å². The Labute approximate surface area is 121 Å². The smallest absolute Gasteiger partial charge is 0.303 e. The van der Waals surface area contributed by atoms with E-state index in [4.69, 9.17) is 9.52 Å². The minimum absolute atomic E-state index is 0.184. The van der Waals surface area contributed by atoms with Gasteiger partial charge in [0.1, 0.15) is 0 Å². The van der Waals surface area contributed by atoms with Crippen molar-refractivity contribution in [1.82, 2.24) is 10.2 Å². The van der Waals surface area contributed by atoms with Crippen molar-refractivity contribution in [2.75, 3.05) is 0 Å². The molecule has 0 unspecified atom stereocenters. The molecule has 0 saturated heterocycles. The van der Waals surface area contributed by atoms with Crippen molar-refractivity contribution in [1.29, 1.82) is 0 Å². The largest absolute Gasteiger partial charge is 0.481 e. The summed E-state index contributed by atoms with van der Waals surface area (Å²) in [5, 5.41) is 18.4. The maximum absolute atomic E-state index is 10.4.